The van der Waals surface area contributed by atoms with Crippen LogP contribution >= 0.6 is 0 Å². The zero-order valence-corrected chi connectivity index (χ0v) is 38.7. The summed E-state index contributed by atoms with van der Waals surface area (Å²) in [6, 6.07) is 14.8. The number of hydrogen-bond acceptors (Lipinski definition) is 11. The van der Waals surface area contributed by atoms with Crippen LogP contribution in [0.1, 0.15) is 128 Å². The van der Waals surface area contributed by atoms with Crippen LogP contribution in [-0.2, 0) is 46.4 Å². The van der Waals surface area contributed by atoms with Gasteiger partial charge in [-0.15, -0.1) is 0 Å². The highest BCUT2D eigenvalue weighted by molar-refractivity contribution is 6.04. The van der Waals surface area contributed by atoms with Crippen molar-refractivity contribution in [2.24, 2.45) is 17.8 Å². The van der Waals surface area contributed by atoms with Gasteiger partial charge in [-0.3, -0.25) is 14.4 Å². The van der Waals surface area contributed by atoms with Gasteiger partial charge in [-0.05, 0) is 110 Å². The molecule has 0 N–H and O–H groups in total. The molecule has 65 heavy (non-hydrogen) atoms. The van der Waals surface area contributed by atoms with Crippen LogP contribution in [0.25, 0.3) is 10.9 Å². The monoisotopic (exact) mass is 891 g/mol. The second-order valence-corrected chi connectivity index (χ2v) is 19.7. The Morgan fingerprint density at radius 1 is 0.908 bits per heavy atom. The number of pyridine rings is 1. The van der Waals surface area contributed by atoms with Crippen molar-refractivity contribution in [1.29, 1.82) is 0 Å². The minimum absolute atomic E-state index is 0.0162. The van der Waals surface area contributed by atoms with Crippen molar-refractivity contribution < 1.29 is 47.7 Å². The summed E-state index contributed by atoms with van der Waals surface area (Å²) in [5.74, 6) is -2.28. The Morgan fingerprint density at radius 3 is 2.46 bits per heavy atom. The second-order valence-electron chi connectivity index (χ2n) is 19.7. The van der Waals surface area contributed by atoms with Gasteiger partial charge in [0, 0.05) is 23.6 Å². The Kier molecular flexibility index (Phi) is 13.9. The fourth-order valence-electron chi connectivity index (χ4n) is 9.90. The molecule has 1 unspecified atom stereocenters. The molecule has 2 aliphatic carbocycles. The molecular formula is C52H65N3O10. The minimum Gasteiger partial charge on any atom is -0.488 e. The predicted molar refractivity (Wildman–Crippen MR) is 243 cm³/mol. The molecule has 1 saturated heterocycles. The highest BCUT2D eigenvalue weighted by Crippen LogP contribution is 2.52. The number of carbonyl (C=O) groups excluding carboxylic acids is 5. The Balaban J connectivity index is 1.22. The fourth-order valence-corrected chi connectivity index (χ4v) is 9.90. The number of aryl methyl sites for hydroxylation is 1. The number of benzene rings is 2. The molecule has 13 heteroatoms. The third-order valence-electron chi connectivity index (χ3n) is 13.5. The second kappa shape index (κ2) is 19.6. The Hall–Kier alpha value is -5.46. The normalized spacial score (nSPS) is 28.2. The van der Waals surface area contributed by atoms with E-state index in [2.05, 4.69) is 24.3 Å². The highest BCUT2D eigenvalue weighted by Gasteiger charge is 2.69. The summed E-state index contributed by atoms with van der Waals surface area (Å²) in [6.07, 6.45) is 10.5. The molecular weight excluding hydrogens is 827 g/mol. The van der Waals surface area contributed by atoms with E-state index in [1.54, 1.807) is 27.7 Å². The molecule has 13 nitrogen and oxygen atoms in total. The summed E-state index contributed by atoms with van der Waals surface area (Å²) >= 11 is 0. The summed E-state index contributed by atoms with van der Waals surface area (Å²) < 4.78 is 31.2. The van der Waals surface area contributed by atoms with E-state index < -0.39 is 65.0 Å². The van der Waals surface area contributed by atoms with E-state index >= 15 is 9.59 Å². The average Bonchev–Trinajstić information content (AvgIpc) is 4.14. The lowest BCUT2D eigenvalue weighted by molar-refractivity contribution is -0.160. The number of allylic oxidation sites excluding steroid dienone is 1. The molecule has 3 fully saturated rings. The number of hydrogen-bond donors (Lipinski definition) is 0. The van der Waals surface area contributed by atoms with Gasteiger partial charge >= 0.3 is 18.0 Å². The summed E-state index contributed by atoms with van der Waals surface area (Å²) in [4.78, 5) is 80.4. The van der Waals surface area contributed by atoms with Crippen LogP contribution in [0.3, 0.4) is 0 Å². The maximum atomic E-state index is 15.5. The molecule has 8 rings (SSSR count). The Bertz CT molecular complexity index is 2290. The van der Waals surface area contributed by atoms with Gasteiger partial charge in [-0.2, -0.15) is 0 Å². The molecule has 2 saturated carbocycles. The van der Waals surface area contributed by atoms with Gasteiger partial charge in [0.25, 0.3) is 5.91 Å². The predicted octanol–water partition coefficient (Wildman–Crippen LogP) is 9.13. The lowest BCUT2D eigenvalue weighted by Gasteiger charge is -2.35. The van der Waals surface area contributed by atoms with Gasteiger partial charge in [-0.1, -0.05) is 79.8 Å². The first-order valence-electron chi connectivity index (χ1n) is 23.9. The number of fused-ring (bicyclic) bond motifs is 6. The smallest absolute Gasteiger partial charge is 0.418 e. The zero-order valence-electron chi connectivity index (χ0n) is 38.7. The van der Waals surface area contributed by atoms with Crippen LogP contribution in [0.5, 0.6) is 11.6 Å². The quantitative estimate of drug-likeness (QED) is 0.137. The van der Waals surface area contributed by atoms with E-state index in [-0.39, 0.29) is 44.4 Å². The number of rotatable bonds is 5. The zero-order chi connectivity index (χ0) is 45.9. The van der Waals surface area contributed by atoms with Crippen LogP contribution < -0.4 is 9.47 Å². The number of nitrogens with zero attached hydrogens (tertiary/aromatic N) is 3. The van der Waals surface area contributed by atoms with Gasteiger partial charge in [0.2, 0.25) is 11.8 Å². The average molecular weight is 892 g/mol. The third-order valence-corrected chi connectivity index (χ3v) is 13.5. The van der Waals surface area contributed by atoms with E-state index in [0.29, 0.717) is 49.4 Å². The number of carbonyl (C=O) groups is 5. The summed E-state index contributed by atoms with van der Waals surface area (Å²) in [5.41, 5.74) is 0.951. The van der Waals surface area contributed by atoms with E-state index in [9.17, 15) is 14.4 Å². The first-order valence-corrected chi connectivity index (χ1v) is 23.9. The first kappa shape index (κ1) is 46.1. The SMILES string of the molecule is CCOC(=O)[C@@]12C[C@H]1/C=C\CCCCC[C@@H]1CC(=O)O[C@@H]3C[C@H]3CCCCCc3c(nc4ccccc4c3OCc3ccc(C)cc3)O[C@@H]3CC(C(=O)N2C(=O)OC(C)(C)C)N(C3)C1=O. The molecule has 0 spiro atoms. The number of aromatic nitrogens is 1. The van der Waals surface area contributed by atoms with Gasteiger partial charge in [0.1, 0.15) is 36.2 Å². The van der Waals surface area contributed by atoms with E-state index in [1.807, 2.05) is 43.3 Å². The summed E-state index contributed by atoms with van der Waals surface area (Å²) in [5, 5.41) is 0.851. The van der Waals surface area contributed by atoms with Gasteiger partial charge in [0.05, 0.1) is 30.7 Å². The Morgan fingerprint density at radius 2 is 1.68 bits per heavy atom. The van der Waals surface area contributed by atoms with Crippen molar-refractivity contribution >= 4 is 40.7 Å². The standard InChI is InChI=1S/C52H65N3O10/c1-6-61-49(59)52-30-37(52)19-13-9-7-8-11-18-36-28-44(56)64-43-27-35(43)17-12-10-14-21-40-45(62-32-34-25-23-33(2)24-26-34)39-20-15-16-22-41(39)53-46(40)63-38-29-42(54(31-38)47(36)57)48(58)55(52)50(60)65-51(3,4)5/h13,15-16,19-20,22-26,35-38,42-43H,6-12,14,17-18,21,27-32H2,1-5H3/b19-13-/t35-,36-,37-,38-,42?,43-,52-/m1/s1. The van der Waals surface area contributed by atoms with Gasteiger partial charge in [0.15, 0.2) is 5.54 Å². The van der Waals surface area contributed by atoms with Crippen LogP contribution in [0.15, 0.2) is 60.7 Å². The van der Waals surface area contributed by atoms with Crippen molar-refractivity contribution in [1.82, 2.24) is 14.8 Å². The molecule has 0 radical (unpaired) electrons. The lowest BCUT2D eigenvalue weighted by atomic mass is 9.95. The number of imide groups is 1. The largest absolute Gasteiger partial charge is 0.488 e. The molecule has 3 aliphatic heterocycles. The number of ether oxygens (including phenoxy) is 5. The molecule has 3 amide bonds. The minimum atomic E-state index is -1.67. The maximum Gasteiger partial charge on any atom is 0.418 e. The number of esters is 2. The highest BCUT2D eigenvalue weighted by atomic mass is 16.6. The molecule has 1 aromatic heterocycles. The van der Waals surface area contributed by atoms with E-state index in [1.165, 1.54) is 4.90 Å². The molecule has 7 atom stereocenters. The van der Waals surface area contributed by atoms with Crippen LogP contribution in [0, 0.1) is 24.7 Å². The molecule has 5 aliphatic rings. The molecule has 2 aromatic carbocycles. The topological polar surface area (TPSA) is 151 Å². The molecule has 348 valence electrons. The van der Waals surface area contributed by atoms with E-state index in [4.69, 9.17) is 28.7 Å². The van der Waals surface area contributed by atoms with Crippen molar-refractivity contribution in [3.63, 3.8) is 0 Å². The molecule has 3 bridgehead atoms. The third kappa shape index (κ3) is 10.5. The first-order chi connectivity index (χ1) is 31.3. The van der Waals surface area contributed by atoms with Crippen LogP contribution in [-0.4, -0.2) is 87.2 Å². The molecule has 4 heterocycles. The number of para-hydroxylation sites is 1. The summed E-state index contributed by atoms with van der Waals surface area (Å²) in [6.45, 7) is 9.15. The van der Waals surface area contributed by atoms with Crippen molar-refractivity contribution in [2.75, 3.05) is 13.2 Å². The van der Waals surface area contributed by atoms with Crippen LogP contribution in [0.4, 0.5) is 4.79 Å². The summed E-state index contributed by atoms with van der Waals surface area (Å²) in [7, 11) is 0. The van der Waals surface area contributed by atoms with Gasteiger partial charge < -0.3 is 28.6 Å². The molecule has 3 aromatic rings. The van der Waals surface area contributed by atoms with Crippen LogP contribution in [0.2, 0.25) is 0 Å². The number of amides is 3. The fraction of sp³-hybridized carbons (Fsp3) is 0.577. The van der Waals surface area contributed by atoms with Crippen molar-refractivity contribution in [3.05, 3.63) is 77.4 Å². The van der Waals surface area contributed by atoms with E-state index in [0.717, 1.165) is 71.9 Å². The Labute approximate surface area is 382 Å². The van der Waals surface area contributed by atoms with Gasteiger partial charge in [-0.25, -0.2) is 19.5 Å². The van der Waals surface area contributed by atoms with Crippen molar-refractivity contribution in [3.8, 4) is 11.6 Å². The lowest BCUT2D eigenvalue weighted by Crippen LogP contribution is -2.59. The van der Waals surface area contributed by atoms with Crippen molar-refractivity contribution in [2.45, 2.75) is 161 Å². The maximum absolute atomic E-state index is 15.5.